The Bertz CT molecular complexity index is 716. The fourth-order valence-corrected chi connectivity index (χ4v) is 8.91. The molecule has 160 valence electrons. The molecule has 0 aromatic carbocycles. The predicted molar refractivity (Wildman–Crippen MR) is 111 cm³/mol. The van der Waals surface area contributed by atoms with Crippen molar-refractivity contribution < 1.29 is 18.3 Å². The van der Waals surface area contributed by atoms with Crippen molar-refractivity contribution in [2.45, 2.75) is 90.7 Å². The quantitative estimate of drug-likeness (QED) is 0.461. The molecule has 1 aliphatic heterocycles. The van der Waals surface area contributed by atoms with Crippen LogP contribution in [0.1, 0.15) is 78.6 Å². The summed E-state index contributed by atoms with van der Waals surface area (Å²) >= 11 is 0. The molecule has 6 heteroatoms. The van der Waals surface area contributed by atoms with Crippen LogP contribution in [0.3, 0.4) is 0 Å². The largest absolute Gasteiger partial charge is 0.392 e. The van der Waals surface area contributed by atoms with E-state index in [-0.39, 0.29) is 22.6 Å². The highest BCUT2D eigenvalue weighted by Gasteiger charge is 2.72. The average molecular weight is 412 g/mol. The van der Waals surface area contributed by atoms with Crippen LogP contribution in [0.15, 0.2) is 12.7 Å². The van der Waals surface area contributed by atoms with E-state index in [2.05, 4.69) is 27.4 Å². The van der Waals surface area contributed by atoms with Crippen molar-refractivity contribution in [3.8, 4) is 0 Å². The van der Waals surface area contributed by atoms with Crippen LogP contribution in [0.2, 0.25) is 0 Å². The summed E-state index contributed by atoms with van der Waals surface area (Å²) in [7, 11) is -3.65. The second kappa shape index (κ2) is 7.75. The van der Waals surface area contributed by atoms with Crippen LogP contribution < -0.4 is 0 Å². The monoisotopic (exact) mass is 411 g/mol. The van der Waals surface area contributed by atoms with Gasteiger partial charge in [0.25, 0.3) is 0 Å². The Kier molecular flexibility index (Phi) is 6.04. The third kappa shape index (κ3) is 3.24. The van der Waals surface area contributed by atoms with Gasteiger partial charge in [-0.2, -0.15) is 0 Å². The van der Waals surface area contributed by atoms with Crippen LogP contribution in [-0.2, 0) is 14.8 Å². The average Bonchev–Trinajstić information content (AvgIpc) is 3.10. The van der Waals surface area contributed by atoms with Crippen molar-refractivity contribution in [1.29, 1.82) is 0 Å². The smallest absolute Gasteiger partial charge is 0.242 e. The van der Waals surface area contributed by atoms with Gasteiger partial charge in [0, 0.05) is 5.41 Å². The lowest BCUT2D eigenvalue weighted by Gasteiger charge is -2.37. The molecule has 0 radical (unpaired) electrons. The van der Waals surface area contributed by atoms with Gasteiger partial charge in [-0.15, -0.1) is 6.58 Å². The molecule has 2 saturated carbocycles. The molecule has 2 aliphatic carbocycles. The first kappa shape index (κ1) is 21.8. The van der Waals surface area contributed by atoms with Gasteiger partial charge in [0.1, 0.15) is 0 Å². The summed E-state index contributed by atoms with van der Waals surface area (Å²) in [6.07, 6.45) is 8.44. The van der Waals surface area contributed by atoms with Crippen molar-refractivity contribution in [3.63, 3.8) is 0 Å². The zero-order valence-electron chi connectivity index (χ0n) is 17.7. The predicted octanol–water partition coefficient (Wildman–Crippen LogP) is 3.88. The maximum Gasteiger partial charge on any atom is 0.242 e. The third-order valence-electron chi connectivity index (χ3n) is 8.18. The lowest BCUT2D eigenvalue weighted by atomic mass is 9.69. The zero-order chi connectivity index (χ0) is 20.7. The number of allylic oxidation sites excluding steroid dienone is 1. The second-order valence-corrected chi connectivity index (χ2v) is 11.6. The van der Waals surface area contributed by atoms with Crippen LogP contribution in [-0.4, -0.2) is 41.6 Å². The van der Waals surface area contributed by atoms with Crippen molar-refractivity contribution in [1.82, 2.24) is 4.31 Å². The van der Waals surface area contributed by atoms with Gasteiger partial charge in [0.2, 0.25) is 15.9 Å². The summed E-state index contributed by atoms with van der Waals surface area (Å²) in [6, 6.07) is -0.238. The van der Waals surface area contributed by atoms with Crippen LogP contribution in [0.4, 0.5) is 0 Å². The van der Waals surface area contributed by atoms with E-state index < -0.39 is 28.0 Å². The van der Waals surface area contributed by atoms with E-state index in [1.54, 1.807) is 6.08 Å². The summed E-state index contributed by atoms with van der Waals surface area (Å²) < 4.78 is 27.4. The molecule has 2 unspecified atom stereocenters. The van der Waals surface area contributed by atoms with Gasteiger partial charge in [-0.05, 0) is 43.4 Å². The van der Waals surface area contributed by atoms with Crippen molar-refractivity contribution in [3.05, 3.63) is 12.7 Å². The second-order valence-electron chi connectivity index (χ2n) is 9.80. The van der Waals surface area contributed by atoms with E-state index in [0.717, 1.165) is 44.9 Å². The van der Waals surface area contributed by atoms with Crippen LogP contribution in [0.25, 0.3) is 0 Å². The topological polar surface area (TPSA) is 74.7 Å². The van der Waals surface area contributed by atoms with Gasteiger partial charge in [-0.25, -0.2) is 12.7 Å². The minimum absolute atomic E-state index is 0.0630. The van der Waals surface area contributed by atoms with Gasteiger partial charge in [-0.3, -0.25) is 4.79 Å². The molecule has 1 N–H and O–H groups in total. The van der Waals surface area contributed by atoms with Gasteiger partial charge in [0.05, 0.1) is 23.8 Å². The van der Waals surface area contributed by atoms with E-state index in [0.29, 0.717) is 18.8 Å². The molecule has 1 spiro atoms. The maximum atomic E-state index is 13.4. The molecular weight excluding hydrogens is 374 g/mol. The zero-order valence-corrected chi connectivity index (χ0v) is 18.5. The van der Waals surface area contributed by atoms with Crippen LogP contribution >= 0.6 is 0 Å². The van der Waals surface area contributed by atoms with E-state index in [1.165, 1.54) is 4.31 Å². The highest BCUT2D eigenvalue weighted by molar-refractivity contribution is 7.90. The van der Waals surface area contributed by atoms with E-state index in [9.17, 15) is 18.3 Å². The molecule has 0 aromatic heterocycles. The molecule has 3 rings (SSSR count). The standard InChI is InChI=1S/C22H37NO4S/c1-5-7-8-9-11-18(24)17(10-6-2)20(25)23-19-14-16-12-13-22(19,21(16,3)4)15-28(23,26)27/h6,16-19,24H,2,5,7-15H2,1,3-4H3/t16-,17?,18?,19-,22-/m0/s1. The van der Waals surface area contributed by atoms with E-state index in [1.807, 2.05) is 0 Å². The summed E-state index contributed by atoms with van der Waals surface area (Å²) in [5, 5.41) is 10.7. The molecule has 5 nitrogen and oxygen atoms in total. The Morgan fingerprint density at radius 3 is 2.64 bits per heavy atom. The highest BCUT2D eigenvalue weighted by Crippen LogP contribution is 2.70. The third-order valence-corrected chi connectivity index (χ3v) is 10.1. The molecule has 3 aliphatic rings. The lowest BCUT2D eigenvalue weighted by Crippen LogP contribution is -2.48. The Balaban J connectivity index is 1.82. The number of amides is 1. The van der Waals surface area contributed by atoms with Crippen LogP contribution in [0.5, 0.6) is 0 Å². The van der Waals surface area contributed by atoms with Gasteiger partial charge >= 0.3 is 0 Å². The fraction of sp³-hybridized carbons (Fsp3) is 0.864. The number of carbonyl (C=O) groups is 1. The van der Waals surface area contributed by atoms with Gasteiger partial charge in [0.15, 0.2) is 0 Å². The Morgan fingerprint density at radius 1 is 1.32 bits per heavy atom. The molecule has 3 fully saturated rings. The summed E-state index contributed by atoms with van der Waals surface area (Å²) in [4.78, 5) is 13.4. The number of rotatable bonds is 9. The number of fused-ring (bicyclic) bond motifs is 1. The number of sulfonamides is 1. The molecule has 1 amide bonds. The Hall–Kier alpha value is -0.880. The van der Waals surface area contributed by atoms with Crippen molar-refractivity contribution in [2.24, 2.45) is 22.7 Å². The number of hydrogen-bond acceptors (Lipinski definition) is 4. The highest BCUT2D eigenvalue weighted by atomic mass is 32.2. The molecule has 5 atom stereocenters. The maximum absolute atomic E-state index is 13.4. The Morgan fingerprint density at radius 2 is 2.04 bits per heavy atom. The van der Waals surface area contributed by atoms with E-state index in [4.69, 9.17) is 0 Å². The molecule has 28 heavy (non-hydrogen) atoms. The number of aliphatic hydroxyl groups is 1. The minimum atomic E-state index is -3.65. The number of carbonyl (C=O) groups excluding carboxylic acids is 1. The normalized spacial score (nSPS) is 34.2. The van der Waals surface area contributed by atoms with Gasteiger partial charge in [-0.1, -0.05) is 52.5 Å². The minimum Gasteiger partial charge on any atom is -0.392 e. The summed E-state index contributed by atoms with van der Waals surface area (Å²) in [5.74, 6) is -0.577. The number of aliphatic hydroxyl groups excluding tert-OH is 1. The molecule has 0 aromatic rings. The van der Waals surface area contributed by atoms with Gasteiger partial charge < -0.3 is 5.11 Å². The number of nitrogens with zero attached hydrogens (tertiary/aromatic N) is 1. The molecule has 2 bridgehead atoms. The summed E-state index contributed by atoms with van der Waals surface area (Å²) in [6.45, 7) is 10.2. The molecule has 1 saturated heterocycles. The fourth-order valence-electron chi connectivity index (χ4n) is 6.33. The first-order valence-electron chi connectivity index (χ1n) is 11.0. The summed E-state index contributed by atoms with van der Waals surface area (Å²) in [5.41, 5.74) is -0.385. The Labute approximate surface area is 170 Å². The number of hydrogen-bond donors (Lipinski definition) is 1. The van der Waals surface area contributed by atoms with Crippen molar-refractivity contribution >= 4 is 15.9 Å². The van der Waals surface area contributed by atoms with Crippen LogP contribution in [0, 0.1) is 22.7 Å². The number of unbranched alkanes of at least 4 members (excludes halogenated alkanes) is 3. The first-order chi connectivity index (χ1) is 13.1. The molecular formula is C22H37NO4S. The van der Waals surface area contributed by atoms with E-state index >= 15 is 0 Å². The molecule has 1 heterocycles. The first-order valence-corrected chi connectivity index (χ1v) is 12.6. The van der Waals surface area contributed by atoms with Crippen molar-refractivity contribution in [2.75, 3.05) is 5.75 Å². The SMILES string of the molecule is C=CCC(C(=O)N1[C@H]2C[C@@H]3CC[C@@]2(CS1(=O)=O)C3(C)C)C(O)CCCCCC. The lowest BCUT2D eigenvalue weighted by molar-refractivity contribution is -0.137.